The van der Waals surface area contributed by atoms with Crippen LogP contribution in [0.4, 0.5) is 0 Å². The van der Waals surface area contributed by atoms with E-state index in [1.807, 2.05) is 0 Å². The molecule has 6 heteroatoms. The van der Waals surface area contributed by atoms with Crippen molar-refractivity contribution in [2.24, 2.45) is 0 Å². The molecule has 0 heterocycles. The molecule has 0 saturated heterocycles. The van der Waals surface area contributed by atoms with E-state index in [0.29, 0.717) is 0 Å². The van der Waals surface area contributed by atoms with Gasteiger partial charge in [-0.3, -0.25) is 4.79 Å². The number of esters is 2. The van der Waals surface area contributed by atoms with E-state index in [9.17, 15) is 14.4 Å². The van der Waals surface area contributed by atoms with Gasteiger partial charge in [0.05, 0.1) is 6.61 Å². The quantitative estimate of drug-likeness (QED) is 0.398. The summed E-state index contributed by atoms with van der Waals surface area (Å²) in [5, 5.41) is 0. The molecule has 0 N–H and O–H groups in total. The number of hydrogen-bond donors (Lipinski definition) is 0. The molecule has 98 valence electrons. The van der Waals surface area contributed by atoms with E-state index in [2.05, 4.69) is 9.47 Å². The minimum atomic E-state index is -1.57. The third-order valence-corrected chi connectivity index (χ3v) is 1.57. The summed E-state index contributed by atoms with van der Waals surface area (Å²) >= 11 is 0. The molecular formula is C11H18O6. The molecule has 0 aliphatic carbocycles. The Morgan fingerprint density at radius 2 is 1.71 bits per heavy atom. The van der Waals surface area contributed by atoms with Crippen molar-refractivity contribution in [1.82, 2.24) is 0 Å². The monoisotopic (exact) mass is 246 g/mol. The van der Waals surface area contributed by atoms with Crippen molar-refractivity contribution in [2.75, 3.05) is 13.7 Å². The smallest absolute Gasteiger partial charge is 0.378 e. The van der Waals surface area contributed by atoms with E-state index in [1.165, 1.54) is 0 Å². The Kier molecular flexibility index (Phi) is 5.81. The van der Waals surface area contributed by atoms with Gasteiger partial charge < -0.3 is 14.2 Å². The highest BCUT2D eigenvalue weighted by atomic mass is 16.6. The molecule has 0 saturated carbocycles. The number of Topliss-reactive ketones (excluding diaryl/α,β-unsaturated/α-hetero) is 1. The van der Waals surface area contributed by atoms with Gasteiger partial charge in [-0.25, -0.2) is 9.59 Å². The Morgan fingerprint density at radius 1 is 1.18 bits per heavy atom. The fourth-order valence-corrected chi connectivity index (χ4v) is 0.964. The molecule has 0 aliphatic heterocycles. The second kappa shape index (κ2) is 6.34. The van der Waals surface area contributed by atoms with Gasteiger partial charge in [-0.05, 0) is 27.7 Å². The van der Waals surface area contributed by atoms with Gasteiger partial charge in [0, 0.05) is 7.11 Å². The van der Waals surface area contributed by atoms with Crippen LogP contribution in [0.2, 0.25) is 0 Å². The lowest BCUT2D eigenvalue weighted by Crippen LogP contribution is -2.41. The van der Waals surface area contributed by atoms with Crippen molar-refractivity contribution in [2.45, 2.75) is 39.4 Å². The van der Waals surface area contributed by atoms with Crippen LogP contribution in [0.15, 0.2) is 0 Å². The number of rotatable bonds is 5. The van der Waals surface area contributed by atoms with E-state index in [1.54, 1.807) is 27.7 Å². The lowest BCUT2D eigenvalue weighted by atomic mass is 10.2. The third kappa shape index (κ3) is 5.44. The minimum absolute atomic E-state index is 0.0975. The van der Waals surface area contributed by atoms with E-state index < -0.39 is 29.4 Å². The minimum Gasteiger partial charge on any atom is -0.464 e. The Balaban J connectivity index is 4.65. The zero-order valence-electron chi connectivity index (χ0n) is 10.7. The summed E-state index contributed by atoms with van der Waals surface area (Å²) in [6.45, 7) is 6.53. The topological polar surface area (TPSA) is 78.9 Å². The predicted octanol–water partition coefficient (Wildman–Crippen LogP) is 0.475. The van der Waals surface area contributed by atoms with Gasteiger partial charge in [0.1, 0.15) is 5.60 Å². The molecular weight excluding hydrogens is 228 g/mol. The van der Waals surface area contributed by atoms with Crippen molar-refractivity contribution in [3.05, 3.63) is 0 Å². The molecule has 0 spiro atoms. The highest BCUT2D eigenvalue weighted by Gasteiger charge is 2.35. The second-order valence-electron chi connectivity index (χ2n) is 4.23. The molecule has 0 fully saturated rings. The molecule has 0 amide bonds. The summed E-state index contributed by atoms with van der Waals surface area (Å²) < 4.78 is 14.1. The van der Waals surface area contributed by atoms with Crippen molar-refractivity contribution in [3.8, 4) is 0 Å². The van der Waals surface area contributed by atoms with Gasteiger partial charge in [0.15, 0.2) is 0 Å². The Labute approximate surface area is 100 Å². The maximum atomic E-state index is 11.6. The van der Waals surface area contributed by atoms with Crippen LogP contribution >= 0.6 is 0 Å². The summed E-state index contributed by atoms with van der Waals surface area (Å²) in [7, 11) is 1.14. The summed E-state index contributed by atoms with van der Waals surface area (Å²) in [5.41, 5.74) is -0.806. The van der Waals surface area contributed by atoms with Crippen LogP contribution in [0.3, 0.4) is 0 Å². The molecule has 0 aromatic rings. The summed E-state index contributed by atoms with van der Waals surface area (Å²) in [6, 6.07) is 0. The average Bonchev–Trinajstić information content (AvgIpc) is 2.16. The molecule has 0 bridgehead atoms. The van der Waals surface area contributed by atoms with Crippen LogP contribution in [0.25, 0.3) is 0 Å². The lowest BCUT2D eigenvalue weighted by molar-refractivity contribution is -0.173. The second-order valence-corrected chi connectivity index (χ2v) is 4.23. The fourth-order valence-electron chi connectivity index (χ4n) is 0.964. The molecule has 0 aromatic carbocycles. The maximum Gasteiger partial charge on any atom is 0.378 e. The SMILES string of the molecule is CCOC(=O)C(OC)C(=O)C(=O)OC(C)(C)C. The predicted molar refractivity (Wildman–Crippen MR) is 58.3 cm³/mol. The van der Waals surface area contributed by atoms with Crippen molar-refractivity contribution >= 4 is 17.7 Å². The largest absolute Gasteiger partial charge is 0.464 e. The molecule has 17 heavy (non-hydrogen) atoms. The standard InChI is InChI=1S/C11H18O6/c1-6-16-10(14)8(15-5)7(12)9(13)17-11(2,3)4/h8H,6H2,1-5H3. The van der Waals surface area contributed by atoms with Gasteiger partial charge in [-0.2, -0.15) is 0 Å². The highest BCUT2D eigenvalue weighted by Crippen LogP contribution is 2.09. The Morgan fingerprint density at radius 3 is 2.06 bits per heavy atom. The summed E-state index contributed by atoms with van der Waals surface area (Å²) in [4.78, 5) is 34.3. The van der Waals surface area contributed by atoms with Crippen molar-refractivity contribution < 1.29 is 28.6 Å². The zero-order valence-corrected chi connectivity index (χ0v) is 10.7. The number of ketones is 1. The molecule has 1 atom stereocenters. The first-order valence-electron chi connectivity index (χ1n) is 5.19. The van der Waals surface area contributed by atoms with Crippen LogP contribution in [-0.4, -0.2) is 43.1 Å². The van der Waals surface area contributed by atoms with Crippen molar-refractivity contribution in [3.63, 3.8) is 0 Å². The molecule has 6 nitrogen and oxygen atoms in total. The van der Waals surface area contributed by atoms with Crippen LogP contribution < -0.4 is 0 Å². The first kappa shape index (κ1) is 15.6. The van der Waals surface area contributed by atoms with E-state index in [-0.39, 0.29) is 6.61 Å². The number of ether oxygens (including phenoxy) is 3. The van der Waals surface area contributed by atoms with Gasteiger partial charge in [-0.1, -0.05) is 0 Å². The number of carbonyl (C=O) groups excluding carboxylic acids is 3. The average molecular weight is 246 g/mol. The molecule has 0 aromatic heterocycles. The van der Waals surface area contributed by atoms with Gasteiger partial charge in [0.2, 0.25) is 6.10 Å². The lowest BCUT2D eigenvalue weighted by Gasteiger charge is -2.20. The molecule has 0 aliphatic rings. The zero-order chi connectivity index (χ0) is 13.6. The number of methoxy groups -OCH3 is 1. The normalized spacial score (nSPS) is 12.8. The van der Waals surface area contributed by atoms with Gasteiger partial charge in [-0.15, -0.1) is 0 Å². The van der Waals surface area contributed by atoms with E-state index in [0.717, 1.165) is 7.11 Å². The summed E-state index contributed by atoms with van der Waals surface area (Å²) in [6.07, 6.45) is -1.57. The van der Waals surface area contributed by atoms with Crippen LogP contribution in [0, 0.1) is 0 Å². The summed E-state index contributed by atoms with van der Waals surface area (Å²) in [5.74, 6) is -3.08. The van der Waals surface area contributed by atoms with E-state index in [4.69, 9.17) is 4.74 Å². The van der Waals surface area contributed by atoms with Gasteiger partial charge in [0.25, 0.3) is 5.78 Å². The van der Waals surface area contributed by atoms with Crippen LogP contribution in [0.5, 0.6) is 0 Å². The highest BCUT2D eigenvalue weighted by molar-refractivity contribution is 6.39. The van der Waals surface area contributed by atoms with Crippen molar-refractivity contribution in [1.29, 1.82) is 0 Å². The molecule has 1 unspecified atom stereocenters. The number of hydrogen-bond acceptors (Lipinski definition) is 6. The first-order chi connectivity index (χ1) is 7.72. The Bertz CT molecular complexity index is 302. The number of carbonyl (C=O) groups is 3. The van der Waals surface area contributed by atoms with Crippen LogP contribution in [-0.2, 0) is 28.6 Å². The Hall–Kier alpha value is -1.43. The fraction of sp³-hybridized carbons (Fsp3) is 0.727. The first-order valence-corrected chi connectivity index (χ1v) is 5.19. The molecule has 0 radical (unpaired) electrons. The van der Waals surface area contributed by atoms with Crippen LogP contribution in [0.1, 0.15) is 27.7 Å². The maximum absolute atomic E-state index is 11.6. The van der Waals surface area contributed by atoms with Gasteiger partial charge >= 0.3 is 11.9 Å². The third-order valence-electron chi connectivity index (χ3n) is 1.57. The molecule has 0 rings (SSSR count). The van der Waals surface area contributed by atoms with E-state index >= 15 is 0 Å².